The molecule has 0 aliphatic carbocycles. The molecule has 0 aliphatic rings. The third-order valence-electron chi connectivity index (χ3n) is 1.68. The second kappa shape index (κ2) is 4.55. The molecule has 2 nitrogen and oxygen atoms in total. The smallest absolute Gasteiger partial charge is 0.165 e. The average Bonchev–Trinajstić information content (AvgIpc) is 2.13. The van der Waals surface area contributed by atoms with Crippen molar-refractivity contribution in [2.75, 3.05) is 6.61 Å². The van der Waals surface area contributed by atoms with Gasteiger partial charge >= 0.3 is 0 Å². The van der Waals surface area contributed by atoms with E-state index >= 15 is 0 Å². The first kappa shape index (κ1) is 9.65. The number of para-hydroxylation sites is 1. The molecule has 0 unspecified atom stereocenters. The Hall–Kier alpha value is -1.44. The Morgan fingerprint density at radius 3 is 2.85 bits per heavy atom. The zero-order valence-electron chi connectivity index (χ0n) is 7.95. The molecule has 13 heavy (non-hydrogen) atoms. The zero-order valence-corrected chi connectivity index (χ0v) is 7.95. The van der Waals surface area contributed by atoms with Crippen molar-refractivity contribution >= 4 is 6.08 Å². The van der Waals surface area contributed by atoms with E-state index in [1.54, 1.807) is 6.07 Å². The van der Waals surface area contributed by atoms with Gasteiger partial charge in [0.05, 0.1) is 6.61 Å². The monoisotopic (exact) mass is 178 g/mol. The Labute approximate surface area is 78.5 Å². The lowest BCUT2D eigenvalue weighted by molar-refractivity contribution is 0.318. The van der Waals surface area contributed by atoms with Crippen LogP contribution in [0.5, 0.6) is 11.5 Å². The topological polar surface area (TPSA) is 29.5 Å². The Morgan fingerprint density at radius 1 is 1.46 bits per heavy atom. The van der Waals surface area contributed by atoms with Crippen LogP contribution in [0.1, 0.15) is 19.4 Å². The fraction of sp³-hybridized carbons (Fsp3) is 0.273. The molecule has 1 N–H and O–H groups in total. The van der Waals surface area contributed by atoms with E-state index < -0.39 is 0 Å². The quantitative estimate of drug-likeness (QED) is 0.771. The lowest BCUT2D eigenvalue weighted by Gasteiger charge is -2.06. The predicted molar refractivity (Wildman–Crippen MR) is 54.0 cm³/mol. The van der Waals surface area contributed by atoms with Crippen LogP contribution in [0.4, 0.5) is 0 Å². The Balaban J connectivity index is 3.03. The number of allylic oxidation sites excluding steroid dienone is 1. The third kappa shape index (κ3) is 2.25. The van der Waals surface area contributed by atoms with Gasteiger partial charge in [-0.1, -0.05) is 24.3 Å². The molecule has 1 aromatic rings. The minimum Gasteiger partial charge on any atom is -0.504 e. The number of hydrogen-bond acceptors (Lipinski definition) is 2. The summed E-state index contributed by atoms with van der Waals surface area (Å²) < 4.78 is 5.24. The van der Waals surface area contributed by atoms with Crippen LogP contribution in [0.2, 0.25) is 0 Å². The molecule has 0 amide bonds. The molecule has 1 rings (SSSR count). The summed E-state index contributed by atoms with van der Waals surface area (Å²) in [6, 6.07) is 5.46. The Morgan fingerprint density at radius 2 is 2.23 bits per heavy atom. The van der Waals surface area contributed by atoms with Gasteiger partial charge in [-0.2, -0.15) is 0 Å². The van der Waals surface area contributed by atoms with Crippen molar-refractivity contribution in [1.29, 1.82) is 0 Å². The van der Waals surface area contributed by atoms with Crippen LogP contribution in [0.15, 0.2) is 24.3 Å². The first-order valence-corrected chi connectivity index (χ1v) is 4.37. The number of benzene rings is 1. The molecule has 0 fully saturated rings. The van der Waals surface area contributed by atoms with Crippen LogP contribution in [0.3, 0.4) is 0 Å². The zero-order chi connectivity index (χ0) is 9.68. The van der Waals surface area contributed by atoms with Gasteiger partial charge in [0.25, 0.3) is 0 Å². The van der Waals surface area contributed by atoms with Crippen LogP contribution in [-0.2, 0) is 0 Å². The van der Waals surface area contributed by atoms with Gasteiger partial charge in [0, 0.05) is 5.56 Å². The SMILES string of the molecule is C/C=C/c1cccc(OCC)c1O. The number of phenols is 1. The van der Waals surface area contributed by atoms with Gasteiger partial charge in [0.1, 0.15) is 0 Å². The molecule has 1 aromatic carbocycles. The second-order valence-electron chi connectivity index (χ2n) is 2.63. The Kier molecular flexibility index (Phi) is 3.38. The van der Waals surface area contributed by atoms with E-state index in [1.807, 2.05) is 38.1 Å². The summed E-state index contributed by atoms with van der Waals surface area (Å²) in [5.74, 6) is 0.751. The fourth-order valence-electron chi connectivity index (χ4n) is 1.13. The predicted octanol–water partition coefficient (Wildman–Crippen LogP) is 2.82. The number of ether oxygens (including phenoxy) is 1. The molecule has 0 aliphatic heterocycles. The van der Waals surface area contributed by atoms with E-state index in [0.717, 1.165) is 5.56 Å². The molecular weight excluding hydrogens is 164 g/mol. The molecule has 0 aromatic heterocycles. The van der Waals surface area contributed by atoms with E-state index in [1.165, 1.54) is 0 Å². The van der Waals surface area contributed by atoms with Crippen LogP contribution < -0.4 is 4.74 Å². The highest BCUT2D eigenvalue weighted by Crippen LogP contribution is 2.30. The van der Waals surface area contributed by atoms with Gasteiger partial charge in [-0.15, -0.1) is 0 Å². The van der Waals surface area contributed by atoms with Crippen molar-refractivity contribution in [3.05, 3.63) is 29.8 Å². The summed E-state index contributed by atoms with van der Waals surface area (Å²) in [6.07, 6.45) is 3.72. The molecule has 0 heterocycles. The van der Waals surface area contributed by atoms with E-state index in [-0.39, 0.29) is 5.75 Å². The van der Waals surface area contributed by atoms with Crippen LogP contribution in [0.25, 0.3) is 6.08 Å². The van der Waals surface area contributed by atoms with E-state index in [4.69, 9.17) is 4.74 Å². The highest BCUT2D eigenvalue weighted by Gasteiger charge is 2.03. The molecular formula is C11H14O2. The van der Waals surface area contributed by atoms with Crippen molar-refractivity contribution in [3.63, 3.8) is 0 Å². The standard InChI is InChI=1S/C11H14O2/c1-3-6-9-7-5-8-10(11(9)12)13-4-2/h3,5-8,12H,4H2,1-2H3/b6-3+. The summed E-state index contributed by atoms with van der Waals surface area (Å²) >= 11 is 0. The van der Waals surface area contributed by atoms with Gasteiger partial charge in [-0.3, -0.25) is 0 Å². The molecule has 70 valence electrons. The van der Waals surface area contributed by atoms with Crippen molar-refractivity contribution < 1.29 is 9.84 Å². The normalized spacial score (nSPS) is 10.6. The average molecular weight is 178 g/mol. The lowest BCUT2D eigenvalue weighted by Crippen LogP contribution is -1.92. The van der Waals surface area contributed by atoms with Crippen LogP contribution in [0, 0.1) is 0 Å². The molecule has 0 spiro atoms. The third-order valence-corrected chi connectivity index (χ3v) is 1.68. The first-order valence-electron chi connectivity index (χ1n) is 4.37. The van der Waals surface area contributed by atoms with Crippen molar-refractivity contribution in [1.82, 2.24) is 0 Å². The second-order valence-corrected chi connectivity index (χ2v) is 2.63. The van der Waals surface area contributed by atoms with Crippen molar-refractivity contribution in [2.45, 2.75) is 13.8 Å². The summed E-state index contributed by atoms with van der Waals surface area (Å²) in [4.78, 5) is 0. The molecule has 0 atom stereocenters. The minimum absolute atomic E-state index is 0.211. The molecule has 0 saturated carbocycles. The molecule has 0 saturated heterocycles. The highest BCUT2D eigenvalue weighted by molar-refractivity contribution is 5.61. The Bertz CT molecular complexity index is 303. The summed E-state index contributed by atoms with van der Waals surface area (Å²) in [5, 5.41) is 9.67. The number of phenolic OH excluding ortho intramolecular Hbond substituents is 1. The molecule has 2 heteroatoms. The first-order chi connectivity index (χ1) is 6.29. The van der Waals surface area contributed by atoms with Gasteiger partial charge < -0.3 is 9.84 Å². The summed E-state index contributed by atoms with van der Waals surface area (Å²) in [6.45, 7) is 4.36. The maximum atomic E-state index is 9.67. The van der Waals surface area contributed by atoms with Crippen LogP contribution in [-0.4, -0.2) is 11.7 Å². The summed E-state index contributed by atoms with van der Waals surface area (Å²) in [7, 11) is 0. The molecule has 0 bridgehead atoms. The lowest BCUT2D eigenvalue weighted by atomic mass is 10.2. The van der Waals surface area contributed by atoms with E-state index in [2.05, 4.69) is 0 Å². The maximum absolute atomic E-state index is 9.67. The van der Waals surface area contributed by atoms with E-state index in [9.17, 15) is 5.11 Å². The molecule has 0 radical (unpaired) electrons. The highest BCUT2D eigenvalue weighted by atomic mass is 16.5. The fourth-order valence-corrected chi connectivity index (χ4v) is 1.13. The number of rotatable bonds is 3. The van der Waals surface area contributed by atoms with Gasteiger partial charge in [-0.25, -0.2) is 0 Å². The largest absolute Gasteiger partial charge is 0.504 e. The number of hydrogen-bond donors (Lipinski definition) is 1. The van der Waals surface area contributed by atoms with Crippen molar-refractivity contribution in [3.8, 4) is 11.5 Å². The minimum atomic E-state index is 0.211. The number of aromatic hydroxyl groups is 1. The van der Waals surface area contributed by atoms with Gasteiger partial charge in [-0.05, 0) is 19.9 Å². The van der Waals surface area contributed by atoms with Gasteiger partial charge in [0.2, 0.25) is 0 Å². The van der Waals surface area contributed by atoms with E-state index in [0.29, 0.717) is 12.4 Å². The van der Waals surface area contributed by atoms with Crippen molar-refractivity contribution in [2.24, 2.45) is 0 Å². The maximum Gasteiger partial charge on any atom is 0.165 e. The van der Waals surface area contributed by atoms with Gasteiger partial charge in [0.15, 0.2) is 11.5 Å². The summed E-state index contributed by atoms with van der Waals surface area (Å²) in [5.41, 5.74) is 0.786. The van der Waals surface area contributed by atoms with Crippen LogP contribution >= 0.6 is 0 Å².